The molecule has 1 aromatic rings. The largest absolute Gasteiger partial charge is 0.775 e. The maximum Gasteiger partial charge on any atom is 0.165 e. The van der Waals surface area contributed by atoms with Crippen molar-refractivity contribution in [1.29, 1.82) is 0 Å². The van der Waals surface area contributed by atoms with Gasteiger partial charge in [0.15, 0.2) is 7.60 Å². The quantitative estimate of drug-likeness (QED) is 0.514. The van der Waals surface area contributed by atoms with Crippen LogP contribution in [0.5, 0.6) is 0 Å². The summed E-state index contributed by atoms with van der Waals surface area (Å²) >= 11 is 0. The smallest absolute Gasteiger partial charge is 0.165 e. The summed E-state index contributed by atoms with van der Waals surface area (Å²) < 4.78 is 17.1. The molecule has 0 saturated carbocycles. The number of aryl methyl sites for hydroxylation is 1. The van der Waals surface area contributed by atoms with Gasteiger partial charge in [-0.3, -0.25) is 0 Å². The van der Waals surface area contributed by atoms with Crippen LogP contribution in [-0.4, -0.2) is 6.61 Å². The fourth-order valence-electron chi connectivity index (χ4n) is 2.01. The number of rotatable bonds is 9. The molecule has 1 atom stereocenters. The number of benzene rings is 1. The van der Waals surface area contributed by atoms with Gasteiger partial charge in [-0.05, 0) is 18.9 Å². The van der Waals surface area contributed by atoms with E-state index in [-0.39, 0.29) is 0 Å². The first-order valence-electron chi connectivity index (χ1n) is 7.09. The molecule has 0 N–H and O–H groups in total. The molecule has 1 aromatic carbocycles. The van der Waals surface area contributed by atoms with Crippen LogP contribution in [0, 0.1) is 6.92 Å². The van der Waals surface area contributed by atoms with Gasteiger partial charge >= 0.3 is 0 Å². The lowest BCUT2D eigenvalue weighted by Gasteiger charge is -2.25. The Balaban J connectivity index is 2.32. The number of unbranched alkanes of at least 4 members (excludes halogenated alkanes) is 5. The Morgan fingerprint density at radius 3 is 2.42 bits per heavy atom. The van der Waals surface area contributed by atoms with Gasteiger partial charge in [0.2, 0.25) is 0 Å². The first-order valence-corrected chi connectivity index (χ1v) is 8.64. The van der Waals surface area contributed by atoms with Crippen molar-refractivity contribution in [2.45, 2.75) is 52.4 Å². The maximum absolute atomic E-state index is 12.0. The molecule has 0 aliphatic carbocycles. The molecule has 0 spiro atoms. The molecule has 3 nitrogen and oxygen atoms in total. The molecular weight excluding hydrogens is 259 g/mol. The van der Waals surface area contributed by atoms with Crippen LogP contribution in [0.4, 0.5) is 0 Å². The van der Waals surface area contributed by atoms with Gasteiger partial charge in [0, 0.05) is 5.30 Å². The Morgan fingerprint density at radius 2 is 1.74 bits per heavy atom. The molecule has 0 amide bonds. The average Bonchev–Trinajstić information content (AvgIpc) is 2.38. The van der Waals surface area contributed by atoms with Crippen molar-refractivity contribution in [1.82, 2.24) is 0 Å². The Morgan fingerprint density at radius 1 is 1.11 bits per heavy atom. The van der Waals surface area contributed by atoms with Gasteiger partial charge in [0.25, 0.3) is 0 Å². The Labute approximate surface area is 116 Å². The van der Waals surface area contributed by atoms with Crippen LogP contribution in [0.1, 0.15) is 51.0 Å². The summed E-state index contributed by atoms with van der Waals surface area (Å²) in [5.74, 6) is 0. The van der Waals surface area contributed by atoms with E-state index in [2.05, 4.69) is 6.92 Å². The third kappa shape index (κ3) is 5.90. The van der Waals surface area contributed by atoms with Gasteiger partial charge in [-0.2, -0.15) is 0 Å². The zero-order valence-electron chi connectivity index (χ0n) is 11.9. The summed E-state index contributed by atoms with van der Waals surface area (Å²) in [4.78, 5) is 12.0. The topological polar surface area (TPSA) is 49.4 Å². The van der Waals surface area contributed by atoms with Crippen molar-refractivity contribution in [3.63, 3.8) is 0 Å². The van der Waals surface area contributed by atoms with Crippen molar-refractivity contribution in [2.75, 3.05) is 6.61 Å². The Bertz CT molecular complexity index is 418. The van der Waals surface area contributed by atoms with Crippen LogP contribution < -0.4 is 10.2 Å². The van der Waals surface area contributed by atoms with E-state index in [1.54, 1.807) is 25.1 Å². The van der Waals surface area contributed by atoms with Crippen LogP contribution >= 0.6 is 7.60 Å². The SMILES string of the molecule is CCCCCCCCOP(=O)([O-])c1ccccc1C. The summed E-state index contributed by atoms with van der Waals surface area (Å²) in [6.45, 7) is 4.26. The third-order valence-corrected chi connectivity index (χ3v) is 4.78. The summed E-state index contributed by atoms with van der Waals surface area (Å²) in [5.41, 5.74) is 0.740. The molecule has 0 saturated heterocycles. The second kappa shape index (κ2) is 8.52. The molecule has 0 aromatic heterocycles. The molecule has 4 heteroatoms. The predicted molar refractivity (Wildman–Crippen MR) is 77.7 cm³/mol. The lowest BCUT2D eigenvalue weighted by molar-refractivity contribution is -0.194. The standard InChI is InChI=1S/C15H25O3P/c1-3-4-5-6-7-10-13-18-19(16,17)15-12-9-8-11-14(15)2/h8-9,11-12H,3-7,10,13H2,1-2H3,(H,16,17)/p-1. The van der Waals surface area contributed by atoms with Crippen LogP contribution in [-0.2, 0) is 9.09 Å². The maximum atomic E-state index is 12.0. The zero-order valence-corrected chi connectivity index (χ0v) is 12.8. The van der Waals surface area contributed by atoms with E-state index in [0.717, 1.165) is 24.8 Å². The lowest BCUT2D eigenvalue weighted by Crippen LogP contribution is -2.20. The van der Waals surface area contributed by atoms with E-state index >= 15 is 0 Å². The highest BCUT2D eigenvalue weighted by Gasteiger charge is 2.13. The zero-order chi connectivity index (χ0) is 14.1. The monoisotopic (exact) mass is 283 g/mol. The minimum Gasteiger partial charge on any atom is -0.775 e. The second-order valence-corrected chi connectivity index (χ2v) is 6.62. The van der Waals surface area contributed by atoms with Gasteiger partial charge in [-0.25, -0.2) is 0 Å². The summed E-state index contributed by atoms with van der Waals surface area (Å²) in [6.07, 6.45) is 6.70. The normalized spacial score (nSPS) is 14.3. The lowest BCUT2D eigenvalue weighted by atomic mass is 10.1. The summed E-state index contributed by atoms with van der Waals surface area (Å²) in [6, 6.07) is 6.94. The molecule has 1 rings (SSSR count). The van der Waals surface area contributed by atoms with Gasteiger partial charge in [0.05, 0.1) is 6.61 Å². The molecule has 0 aliphatic heterocycles. The fourth-order valence-corrected chi connectivity index (χ4v) is 3.29. The minimum absolute atomic E-state index is 0.293. The van der Waals surface area contributed by atoms with E-state index < -0.39 is 7.60 Å². The van der Waals surface area contributed by atoms with Gasteiger partial charge < -0.3 is 14.0 Å². The third-order valence-electron chi connectivity index (χ3n) is 3.17. The van der Waals surface area contributed by atoms with E-state index in [4.69, 9.17) is 4.52 Å². The van der Waals surface area contributed by atoms with Gasteiger partial charge in [-0.15, -0.1) is 0 Å². The van der Waals surface area contributed by atoms with Gasteiger partial charge in [0.1, 0.15) is 0 Å². The highest BCUT2D eigenvalue weighted by Crippen LogP contribution is 2.36. The van der Waals surface area contributed by atoms with E-state index in [9.17, 15) is 9.46 Å². The molecule has 1 unspecified atom stereocenters. The Kier molecular flexibility index (Phi) is 7.37. The Hall–Kier alpha value is -0.630. The average molecular weight is 283 g/mol. The van der Waals surface area contributed by atoms with Crippen LogP contribution in [0.15, 0.2) is 24.3 Å². The first kappa shape index (κ1) is 16.4. The van der Waals surface area contributed by atoms with Crippen molar-refractivity contribution in [2.24, 2.45) is 0 Å². The van der Waals surface area contributed by atoms with E-state index in [1.807, 2.05) is 6.07 Å². The van der Waals surface area contributed by atoms with E-state index in [1.165, 1.54) is 19.3 Å². The molecule has 19 heavy (non-hydrogen) atoms. The van der Waals surface area contributed by atoms with Crippen LogP contribution in [0.2, 0.25) is 0 Å². The van der Waals surface area contributed by atoms with Crippen molar-refractivity contribution in [3.8, 4) is 0 Å². The molecule has 0 radical (unpaired) electrons. The number of hydrogen-bond acceptors (Lipinski definition) is 3. The second-order valence-electron chi connectivity index (χ2n) is 4.88. The van der Waals surface area contributed by atoms with Gasteiger partial charge in [-0.1, -0.05) is 63.3 Å². The molecular formula is C15H24O3P-. The molecule has 0 fully saturated rings. The molecule has 108 valence electrons. The summed E-state index contributed by atoms with van der Waals surface area (Å²) in [5, 5.41) is 0.306. The highest BCUT2D eigenvalue weighted by molar-refractivity contribution is 7.60. The highest BCUT2D eigenvalue weighted by atomic mass is 31.2. The molecule has 0 bridgehead atoms. The van der Waals surface area contributed by atoms with E-state index in [0.29, 0.717) is 11.9 Å². The predicted octanol–water partition coefficient (Wildman–Crippen LogP) is 3.55. The number of hydrogen-bond donors (Lipinski definition) is 0. The first-order chi connectivity index (χ1) is 9.08. The van der Waals surface area contributed by atoms with Crippen LogP contribution in [0.25, 0.3) is 0 Å². The molecule has 0 aliphatic rings. The van der Waals surface area contributed by atoms with Crippen LogP contribution in [0.3, 0.4) is 0 Å². The van der Waals surface area contributed by atoms with Crippen molar-refractivity contribution >= 4 is 12.9 Å². The fraction of sp³-hybridized carbons (Fsp3) is 0.600. The molecule has 0 heterocycles. The van der Waals surface area contributed by atoms with Crippen molar-refractivity contribution < 1.29 is 14.0 Å². The van der Waals surface area contributed by atoms with Crippen molar-refractivity contribution in [3.05, 3.63) is 29.8 Å². The minimum atomic E-state index is -3.89. The summed E-state index contributed by atoms with van der Waals surface area (Å²) in [7, 11) is -3.89.